The van der Waals surface area contributed by atoms with E-state index in [9.17, 15) is 13.2 Å². The van der Waals surface area contributed by atoms with Gasteiger partial charge in [-0.1, -0.05) is 36.4 Å². The summed E-state index contributed by atoms with van der Waals surface area (Å²) in [6.45, 7) is 2.59. The third kappa shape index (κ3) is 3.47. The summed E-state index contributed by atoms with van der Waals surface area (Å²) in [5, 5.41) is 1.50. The molecule has 6 nitrogen and oxygen atoms in total. The van der Waals surface area contributed by atoms with Gasteiger partial charge in [0.25, 0.3) is 0 Å². The minimum atomic E-state index is -4.03. The highest BCUT2D eigenvalue weighted by atomic mass is 32.2. The molecule has 0 fully saturated rings. The zero-order valence-electron chi connectivity index (χ0n) is 16.3. The van der Waals surface area contributed by atoms with Crippen LogP contribution in [-0.2, 0) is 21.3 Å². The van der Waals surface area contributed by atoms with Crippen molar-refractivity contribution in [3.63, 3.8) is 0 Å². The van der Waals surface area contributed by atoms with Gasteiger partial charge in [0.2, 0.25) is 5.91 Å². The van der Waals surface area contributed by atoms with E-state index in [1.165, 1.54) is 0 Å². The maximum atomic E-state index is 13.0. The van der Waals surface area contributed by atoms with Gasteiger partial charge in [0.05, 0.1) is 0 Å². The van der Waals surface area contributed by atoms with Crippen molar-refractivity contribution in [3.8, 4) is 5.75 Å². The lowest BCUT2D eigenvalue weighted by atomic mass is 9.92. The highest BCUT2D eigenvalue weighted by Crippen LogP contribution is 2.33. The summed E-state index contributed by atoms with van der Waals surface area (Å²) in [6, 6.07) is 15.2. The van der Waals surface area contributed by atoms with Gasteiger partial charge in [-0.2, -0.15) is 8.42 Å². The molecule has 1 aliphatic heterocycles. The Labute approximate surface area is 170 Å². The van der Waals surface area contributed by atoms with Gasteiger partial charge in [0.1, 0.15) is 16.7 Å². The van der Waals surface area contributed by atoms with Crippen molar-refractivity contribution >= 4 is 26.8 Å². The largest absolute Gasteiger partial charge is 0.379 e. The smallest absolute Gasteiger partial charge is 0.339 e. The zero-order valence-corrected chi connectivity index (χ0v) is 17.1. The quantitative estimate of drug-likeness (QED) is 0.668. The van der Waals surface area contributed by atoms with Gasteiger partial charge in [-0.15, -0.1) is 0 Å². The van der Waals surface area contributed by atoms with Crippen molar-refractivity contribution in [2.24, 2.45) is 5.73 Å². The first-order valence-corrected chi connectivity index (χ1v) is 10.7. The number of amides is 1. The second-order valence-corrected chi connectivity index (χ2v) is 8.87. The fourth-order valence-electron chi connectivity index (χ4n) is 3.96. The number of hydrogen-bond acceptors (Lipinski definition) is 5. The molecule has 1 amide bonds. The number of primary amides is 1. The summed E-state index contributed by atoms with van der Waals surface area (Å²) in [7, 11) is -2.18. The summed E-state index contributed by atoms with van der Waals surface area (Å²) in [4.78, 5) is 13.9. The summed E-state index contributed by atoms with van der Waals surface area (Å²) in [6.07, 6.45) is 0.681. The van der Waals surface area contributed by atoms with Crippen LogP contribution in [0.3, 0.4) is 0 Å². The Balaban J connectivity index is 1.72. The predicted molar refractivity (Wildman–Crippen MR) is 111 cm³/mol. The molecule has 29 heavy (non-hydrogen) atoms. The maximum absolute atomic E-state index is 13.0. The number of hydrogen-bond donors (Lipinski definition) is 1. The van der Waals surface area contributed by atoms with E-state index < -0.39 is 22.1 Å². The van der Waals surface area contributed by atoms with Crippen LogP contribution >= 0.6 is 0 Å². The molecule has 0 saturated carbocycles. The Hall–Kier alpha value is -2.90. The Bertz CT molecular complexity index is 1220. The molecule has 1 atom stereocenters. The third-order valence-corrected chi connectivity index (χ3v) is 6.74. The van der Waals surface area contributed by atoms with Crippen LogP contribution in [0.4, 0.5) is 0 Å². The topological polar surface area (TPSA) is 89.7 Å². The van der Waals surface area contributed by atoms with Crippen LogP contribution in [0.25, 0.3) is 10.8 Å². The van der Waals surface area contributed by atoms with Crippen molar-refractivity contribution < 1.29 is 17.4 Å². The SMILES string of the molecule is Cc1ccc(S(=O)(=O)Oc2ccc3c(c2)CCN(C)C3C(N)=O)c2ccccc12. The summed E-state index contributed by atoms with van der Waals surface area (Å²) < 4.78 is 31.5. The highest BCUT2D eigenvalue weighted by Gasteiger charge is 2.30. The minimum Gasteiger partial charge on any atom is -0.379 e. The first-order valence-electron chi connectivity index (χ1n) is 9.33. The standard InChI is InChI=1S/C22H22N2O4S/c1-14-7-10-20(19-6-4-3-5-17(14)19)29(26,27)28-16-8-9-18-15(13-16)11-12-24(2)21(18)22(23)25/h3-10,13,21H,11-12H2,1-2H3,(H2,23,25). The van der Waals surface area contributed by atoms with Crippen LogP contribution in [0.2, 0.25) is 0 Å². The monoisotopic (exact) mass is 410 g/mol. The normalized spacial score (nSPS) is 17.1. The Morgan fingerprint density at radius 1 is 1.10 bits per heavy atom. The number of carbonyl (C=O) groups excluding carboxylic acids is 1. The average Bonchev–Trinajstić information content (AvgIpc) is 2.67. The Morgan fingerprint density at radius 3 is 2.55 bits per heavy atom. The van der Waals surface area contributed by atoms with Gasteiger partial charge in [-0.25, -0.2) is 0 Å². The molecule has 4 rings (SSSR count). The molecule has 0 saturated heterocycles. The van der Waals surface area contributed by atoms with Gasteiger partial charge in [0, 0.05) is 11.9 Å². The van der Waals surface area contributed by atoms with Crippen molar-refractivity contribution in [2.45, 2.75) is 24.3 Å². The number of likely N-dealkylation sites (N-methyl/N-ethyl adjacent to an activating group) is 1. The van der Waals surface area contributed by atoms with Crippen LogP contribution in [-0.4, -0.2) is 32.8 Å². The van der Waals surface area contributed by atoms with Crippen molar-refractivity contribution in [2.75, 3.05) is 13.6 Å². The number of fused-ring (bicyclic) bond motifs is 2. The summed E-state index contributed by atoms with van der Waals surface area (Å²) >= 11 is 0. The lowest BCUT2D eigenvalue weighted by molar-refractivity contribution is -0.123. The first-order chi connectivity index (χ1) is 13.8. The molecule has 3 aromatic rings. The molecule has 0 radical (unpaired) electrons. The third-order valence-electron chi connectivity index (χ3n) is 5.43. The van der Waals surface area contributed by atoms with E-state index in [0.29, 0.717) is 18.4 Å². The fourth-order valence-corrected chi connectivity index (χ4v) is 5.09. The van der Waals surface area contributed by atoms with Crippen LogP contribution < -0.4 is 9.92 Å². The Kier molecular flexibility index (Phi) is 4.80. The molecule has 1 aliphatic rings. The van der Waals surface area contributed by atoms with Gasteiger partial charge < -0.3 is 9.92 Å². The van der Waals surface area contributed by atoms with Crippen molar-refractivity contribution in [3.05, 3.63) is 71.3 Å². The van der Waals surface area contributed by atoms with Gasteiger partial charge in [-0.05, 0) is 60.7 Å². The van der Waals surface area contributed by atoms with E-state index in [1.54, 1.807) is 42.5 Å². The maximum Gasteiger partial charge on any atom is 0.339 e. The molecular weight excluding hydrogens is 388 g/mol. The lowest BCUT2D eigenvalue weighted by Gasteiger charge is -2.32. The molecule has 0 bridgehead atoms. The molecule has 150 valence electrons. The molecule has 1 unspecified atom stereocenters. The van der Waals surface area contributed by atoms with Crippen LogP contribution in [0.5, 0.6) is 5.75 Å². The number of carbonyl (C=O) groups is 1. The van der Waals surface area contributed by atoms with Gasteiger partial charge >= 0.3 is 10.1 Å². The predicted octanol–water partition coefficient (Wildman–Crippen LogP) is 2.93. The molecular formula is C22H22N2O4S. The van der Waals surface area contributed by atoms with E-state index in [4.69, 9.17) is 9.92 Å². The minimum absolute atomic E-state index is 0.131. The molecule has 0 spiro atoms. The number of nitrogens with two attached hydrogens (primary N) is 1. The van der Waals surface area contributed by atoms with E-state index in [2.05, 4.69) is 0 Å². The van der Waals surface area contributed by atoms with Crippen molar-refractivity contribution in [1.29, 1.82) is 0 Å². The molecule has 0 aromatic heterocycles. The number of aryl methyl sites for hydroxylation is 1. The van der Waals surface area contributed by atoms with Crippen LogP contribution in [0, 0.1) is 6.92 Å². The lowest BCUT2D eigenvalue weighted by Crippen LogP contribution is -2.40. The summed E-state index contributed by atoms with van der Waals surface area (Å²) in [5.41, 5.74) is 8.20. The Morgan fingerprint density at radius 2 is 1.83 bits per heavy atom. The molecule has 0 aliphatic carbocycles. The average molecular weight is 410 g/mol. The molecule has 7 heteroatoms. The van der Waals surface area contributed by atoms with E-state index in [-0.39, 0.29) is 10.6 Å². The number of rotatable bonds is 4. The van der Waals surface area contributed by atoms with Crippen LogP contribution in [0.1, 0.15) is 22.7 Å². The van der Waals surface area contributed by atoms with Gasteiger partial charge in [0.15, 0.2) is 0 Å². The highest BCUT2D eigenvalue weighted by molar-refractivity contribution is 7.87. The molecule has 1 heterocycles. The number of benzene rings is 3. The summed E-state index contributed by atoms with van der Waals surface area (Å²) in [5.74, 6) is -0.206. The first kappa shape index (κ1) is 19.4. The van der Waals surface area contributed by atoms with E-state index in [1.807, 2.05) is 31.0 Å². The fraction of sp³-hybridized carbons (Fsp3) is 0.227. The molecule has 2 N–H and O–H groups in total. The van der Waals surface area contributed by atoms with Crippen molar-refractivity contribution in [1.82, 2.24) is 4.90 Å². The number of nitrogens with zero attached hydrogens (tertiary/aromatic N) is 1. The second kappa shape index (κ2) is 7.17. The second-order valence-electron chi connectivity index (χ2n) is 7.36. The zero-order chi connectivity index (χ0) is 20.8. The van der Waals surface area contributed by atoms with E-state index in [0.717, 1.165) is 22.1 Å². The van der Waals surface area contributed by atoms with Gasteiger partial charge in [-0.3, -0.25) is 9.69 Å². The molecule has 3 aromatic carbocycles. The van der Waals surface area contributed by atoms with Crippen LogP contribution in [0.15, 0.2) is 59.5 Å². The van der Waals surface area contributed by atoms with E-state index >= 15 is 0 Å².